The standard InChI is InChI=1S/C13H18BrNO2/c1-10-7-11(9-12(14)8-10)13(16)15-5-3-4-6-17-2/h7-9H,3-6H2,1-2H3,(H,15,16). The lowest BCUT2D eigenvalue weighted by Crippen LogP contribution is -2.24. The second-order valence-corrected chi connectivity index (χ2v) is 4.89. The van der Waals surface area contributed by atoms with Gasteiger partial charge in [0.25, 0.3) is 5.91 Å². The first-order valence-corrected chi connectivity index (χ1v) is 6.47. The average molecular weight is 300 g/mol. The van der Waals surface area contributed by atoms with Crippen LogP contribution in [0.3, 0.4) is 0 Å². The number of ether oxygens (including phenoxy) is 1. The monoisotopic (exact) mass is 299 g/mol. The second-order valence-electron chi connectivity index (χ2n) is 3.97. The Hall–Kier alpha value is -0.870. The highest BCUT2D eigenvalue weighted by molar-refractivity contribution is 9.10. The summed E-state index contributed by atoms with van der Waals surface area (Å²) in [5, 5.41) is 2.90. The molecule has 0 saturated carbocycles. The third kappa shape index (κ3) is 5.33. The third-order valence-electron chi connectivity index (χ3n) is 2.37. The van der Waals surface area contributed by atoms with Gasteiger partial charge in [0, 0.05) is 30.3 Å². The van der Waals surface area contributed by atoms with Crippen molar-refractivity contribution in [3.05, 3.63) is 33.8 Å². The van der Waals surface area contributed by atoms with Gasteiger partial charge in [-0.3, -0.25) is 4.79 Å². The first-order valence-electron chi connectivity index (χ1n) is 5.68. The van der Waals surface area contributed by atoms with Gasteiger partial charge in [0.15, 0.2) is 0 Å². The molecule has 0 aliphatic carbocycles. The van der Waals surface area contributed by atoms with Crippen molar-refractivity contribution in [2.75, 3.05) is 20.3 Å². The number of carbonyl (C=O) groups is 1. The molecule has 0 fully saturated rings. The molecule has 1 aromatic rings. The molecule has 94 valence electrons. The summed E-state index contributed by atoms with van der Waals surface area (Å²) in [4.78, 5) is 11.8. The molecule has 1 amide bonds. The van der Waals surface area contributed by atoms with Crippen molar-refractivity contribution in [1.82, 2.24) is 5.32 Å². The van der Waals surface area contributed by atoms with Crippen molar-refractivity contribution >= 4 is 21.8 Å². The minimum absolute atomic E-state index is 0.0215. The Labute approximate surface area is 111 Å². The maximum atomic E-state index is 11.8. The average Bonchev–Trinajstić information content (AvgIpc) is 2.27. The van der Waals surface area contributed by atoms with Crippen molar-refractivity contribution in [3.63, 3.8) is 0 Å². The smallest absolute Gasteiger partial charge is 0.251 e. The molecule has 0 saturated heterocycles. The zero-order valence-corrected chi connectivity index (χ0v) is 11.8. The number of amides is 1. The van der Waals surface area contributed by atoms with E-state index >= 15 is 0 Å². The van der Waals surface area contributed by atoms with Crippen molar-refractivity contribution in [1.29, 1.82) is 0 Å². The fourth-order valence-electron chi connectivity index (χ4n) is 1.54. The molecule has 0 atom stereocenters. The number of methoxy groups -OCH3 is 1. The number of unbranched alkanes of at least 4 members (excludes halogenated alkanes) is 1. The number of hydrogen-bond acceptors (Lipinski definition) is 2. The number of hydrogen-bond donors (Lipinski definition) is 1. The van der Waals surface area contributed by atoms with Gasteiger partial charge in [0.2, 0.25) is 0 Å². The molecule has 0 radical (unpaired) electrons. The molecule has 1 N–H and O–H groups in total. The van der Waals surface area contributed by atoms with E-state index in [-0.39, 0.29) is 5.91 Å². The third-order valence-corrected chi connectivity index (χ3v) is 2.82. The fourth-order valence-corrected chi connectivity index (χ4v) is 2.15. The van der Waals surface area contributed by atoms with Gasteiger partial charge in [-0.05, 0) is 43.5 Å². The lowest BCUT2D eigenvalue weighted by molar-refractivity contribution is 0.0951. The van der Waals surface area contributed by atoms with Crippen LogP contribution >= 0.6 is 15.9 Å². The minimum Gasteiger partial charge on any atom is -0.385 e. The predicted molar refractivity (Wildman–Crippen MR) is 72.3 cm³/mol. The fraction of sp³-hybridized carbons (Fsp3) is 0.462. The molecule has 1 rings (SSSR count). The molecule has 0 unspecified atom stereocenters. The molecule has 0 aliphatic rings. The Morgan fingerprint density at radius 1 is 1.35 bits per heavy atom. The highest BCUT2D eigenvalue weighted by Crippen LogP contribution is 2.15. The molecule has 17 heavy (non-hydrogen) atoms. The van der Waals surface area contributed by atoms with E-state index < -0.39 is 0 Å². The van der Waals surface area contributed by atoms with E-state index in [1.54, 1.807) is 7.11 Å². The summed E-state index contributed by atoms with van der Waals surface area (Å²) in [5.74, 6) is -0.0215. The molecule has 0 bridgehead atoms. The summed E-state index contributed by atoms with van der Waals surface area (Å²) < 4.78 is 5.88. The Morgan fingerprint density at radius 3 is 2.76 bits per heavy atom. The van der Waals surface area contributed by atoms with E-state index in [2.05, 4.69) is 21.2 Å². The number of rotatable bonds is 6. The molecular weight excluding hydrogens is 282 g/mol. The maximum Gasteiger partial charge on any atom is 0.251 e. The van der Waals surface area contributed by atoms with Crippen LogP contribution < -0.4 is 5.32 Å². The Morgan fingerprint density at radius 2 is 2.12 bits per heavy atom. The van der Waals surface area contributed by atoms with Crippen molar-refractivity contribution < 1.29 is 9.53 Å². The summed E-state index contributed by atoms with van der Waals surface area (Å²) in [6, 6.07) is 5.70. The summed E-state index contributed by atoms with van der Waals surface area (Å²) in [7, 11) is 1.68. The number of aryl methyl sites for hydroxylation is 1. The Kier molecular flexibility index (Phi) is 6.22. The predicted octanol–water partition coefficient (Wildman–Crippen LogP) is 2.91. The number of carbonyl (C=O) groups excluding carboxylic acids is 1. The highest BCUT2D eigenvalue weighted by Gasteiger charge is 2.05. The molecule has 0 aliphatic heterocycles. The van der Waals surface area contributed by atoms with Crippen LogP contribution in [0.15, 0.2) is 22.7 Å². The van der Waals surface area contributed by atoms with Crippen molar-refractivity contribution in [2.24, 2.45) is 0 Å². The van der Waals surface area contributed by atoms with Crippen LogP contribution in [0.2, 0.25) is 0 Å². The number of benzene rings is 1. The zero-order valence-electron chi connectivity index (χ0n) is 10.3. The number of nitrogens with one attached hydrogen (secondary N) is 1. The van der Waals surface area contributed by atoms with Crippen molar-refractivity contribution in [2.45, 2.75) is 19.8 Å². The van der Waals surface area contributed by atoms with Gasteiger partial charge in [-0.25, -0.2) is 0 Å². The largest absolute Gasteiger partial charge is 0.385 e. The first kappa shape index (κ1) is 14.2. The van der Waals surface area contributed by atoms with Crippen LogP contribution in [0.5, 0.6) is 0 Å². The second kappa shape index (κ2) is 7.45. The summed E-state index contributed by atoms with van der Waals surface area (Å²) >= 11 is 3.39. The van der Waals surface area contributed by atoms with Crippen LogP contribution in [0.25, 0.3) is 0 Å². The van der Waals surface area contributed by atoms with Crippen LogP contribution in [0.4, 0.5) is 0 Å². The van der Waals surface area contributed by atoms with Crippen LogP contribution in [-0.4, -0.2) is 26.2 Å². The molecule has 0 aromatic heterocycles. The van der Waals surface area contributed by atoms with Gasteiger partial charge in [0.05, 0.1) is 0 Å². The van der Waals surface area contributed by atoms with Gasteiger partial charge in [0.1, 0.15) is 0 Å². The summed E-state index contributed by atoms with van der Waals surface area (Å²) in [6.45, 7) is 3.40. The normalized spacial score (nSPS) is 10.3. The molecule has 1 aromatic carbocycles. The van der Waals surface area contributed by atoms with E-state index in [0.29, 0.717) is 12.1 Å². The quantitative estimate of drug-likeness (QED) is 0.820. The van der Waals surface area contributed by atoms with E-state index in [1.807, 2.05) is 25.1 Å². The Bertz CT molecular complexity index is 359. The Balaban J connectivity index is 2.41. The van der Waals surface area contributed by atoms with E-state index in [4.69, 9.17) is 4.74 Å². The number of halogens is 1. The highest BCUT2D eigenvalue weighted by atomic mass is 79.9. The first-order chi connectivity index (χ1) is 8.13. The lowest BCUT2D eigenvalue weighted by atomic mass is 10.1. The summed E-state index contributed by atoms with van der Waals surface area (Å²) in [5.41, 5.74) is 1.77. The molecule has 0 heterocycles. The van der Waals surface area contributed by atoms with Crippen molar-refractivity contribution in [3.8, 4) is 0 Å². The van der Waals surface area contributed by atoms with Gasteiger partial charge in [-0.1, -0.05) is 15.9 Å². The van der Waals surface area contributed by atoms with Gasteiger partial charge in [-0.15, -0.1) is 0 Å². The SMILES string of the molecule is COCCCCNC(=O)c1cc(C)cc(Br)c1. The van der Waals surface area contributed by atoms with E-state index in [1.165, 1.54) is 0 Å². The van der Waals surface area contributed by atoms with E-state index in [0.717, 1.165) is 29.5 Å². The van der Waals surface area contributed by atoms with Crippen LogP contribution in [-0.2, 0) is 4.74 Å². The molecule has 0 spiro atoms. The van der Waals surface area contributed by atoms with E-state index in [9.17, 15) is 4.79 Å². The minimum atomic E-state index is -0.0215. The zero-order chi connectivity index (χ0) is 12.7. The topological polar surface area (TPSA) is 38.3 Å². The molecular formula is C13H18BrNO2. The van der Waals surface area contributed by atoms with Gasteiger partial charge < -0.3 is 10.1 Å². The summed E-state index contributed by atoms with van der Waals surface area (Å²) in [6.07, 6.45) is 1.90. The van der Waals surface area contributed by atoms with Gasteiger partial charge in [-0.2, -0.15) is 0 Å². The van der Waals surface area contributed by atoms with Gasteiger partial charge >= 0.3 is 0 Å². The molecule has 3 nitrogen and oxygen atoms in total. The maximum absolute atomic E-state index is 11.8. The van der Waals surface area contributed by atoms with Crippen LogP contribution in [0.1, 0.15) is 28.8 Å². The van der Waals surface area contributed by atoms with Crippen LogP contribution in [0, 0.1) is 6.92 Å². The lowest BCUT2D eigenvalue weighted by Gasteiger charge is -2.06. The molecule has 4 heteroatoms.